The van der Waals surface area contributed by atoms with Crippen LogP contribution in [0.3, 0.4) is 0 Å². The number of hydrogen-bond donors (Lipinski definition) is 2. The van der Waals surface area contributed by atoms with Crippen LogP contribution in [0.15, 0.2) is 54.9 Å². The molecular formula is C17H16N4O2S. The van der Waals surface area contributed by atoms with Gasteiger partial charge in [0.15, 0.2) is 10.6 Å². The van der Waals surface area contributed by atoms with Gasteiger partial charge in [-0.05, 0) is 29.9 Å². The topological polar surface area (TPSA) is 83.8 Å². The molecular weight excluding hydrogens is 324 g/mol. The molecule has 0 aliphatic rings. The lowest BCUT2D eigenvalue weighted by molar-refractivity contribution is -0.137. The number of benzene rings is 1. The third kappa shape index (κ3) is 3.57. The van der Waals surface area contributed by atoms with Gasteiger partial charge in [-0.2, -0.15) is 5.10 Å². The fraction of sp³-hybridized carbons (Fsp3) is 0.176. The molecule has 122 valence electrons. The van der Waals surface area contributed by atoms with E-state index >= 15 is 0 Å². The summed E-state index contributed by atoms with van der Waals surface area (Å²) >= 11 is 5.34. The Balaban J connectivity index is 1.98. The van der Waals surface area contributed by atoms with Crippen LogP contribution in [0.5, 0.6) is 0 Å². The van der Waals surface area contributed by atoms with Crippen molar-refractivity contribution in [2.45, 2.75) is 18.9 Å². The van der Waals surface area contributed by atoms with Gasteiger partial charge in [0, 0.05) is 30.4 Å². The number of H-pyrrole nitrogens is 1. The second-order valence-corrected chi connectivity index (χ2v) is 5.79. The first-order valence-electron chi connectivity index (χ1n) is 7.47. The quantitative estimate of drug-likeness (QED) is 0.673. The van der Waals surface area contributed by atoms with E-state index in [4.69, 9.17) is 12.2 Å². The van der Waals surface area contributed by atoms with Crippen molar-refractivity contribution in [3.8, 4) is 11.4 Å². The number of carboxylic acids is 1. The molecule has 0 saturated heterocycles. The van der Waals surface area contributed by atoms with E-state index in [-0.39, 0.29) is 12.3 Å². The van der Waals surface area contributed by atoms with Crippen molar-refractivity contribution in [1.82, 2.24) is 19.7 Å². The molecule has 0 amide bonds. The van der Waals surface area contributed by atoms with Crippen LogP contribution in [0.25, 0.3) is 11.4 Å². The van der Waals surface area contributed by atoms with Gasteiger partial charge in [0.2, 0.25) is 0 Å². The second kappa shape index (κ2) is 7.18. The molecule has 24 heavy (non-hydrogen) atoms. The van der Waals surface area contributed by atoms with E-state index in [1.807, 2.05) is 47.0 Å². The Bertz CT molecular complexity index is 874. The maximum absolute atomic E-state index is 11.3. The number of nitrogens with zero attached hydrogens (tertiary/aromatic N) is 3. The number of hydrogen-bond acceptors (Lipinski definition) is 4. The number of aliphatic carboxylic acids is 1. The minimum Gasteiger partial charge on any atom is -0.481 e. The monoisotopic (exact) mass is 340 g/mol. The van der Waals surface area contributed by atoms with Crippen molar-refractivity contribution >= 4 is 18.2 Å². The number of pyridine rings is 1. The summed E-state index contributed by atoms with van der Waals surface area (Å²) in [6.07, 6.45) is 3.39. The van der Waals surface area contributed by atoms with Gasteiger partial charge in [0.05, 0.1) is 6.42 Å². The van der Waals surface area contributed by atoms with Crippen molar-refractivity contribution < 1.29 is 9.90 Å². The predicted octanol–water partition coefficient (Wildman–Crippen LogP) is 3.26. The largest absolute Gasteiger partial charge is 0.481 e. The molecule has 0 radical (unpaired) electrons. The summed E-state index contributed by atoms with van der Waals surface area (Å²) in [6, 6.07) is 13.3. The average Bonchev–Trinajstić information content (AvgIpc) is 2.96. The molecule has 6 nitrogen and oxygen atoms in total. The van der Waals surface area contributed by atoms with Crippen LogP contribution in [0, 0.1) is 4.77 Å². The third-order valence-electron chi connectivity index (χ3n) is 3.79. The van der Waals surface area contributed by atoms with Crippen LogP contribution < -0.4 is 0 Å². The van der Waals surface area contributed by atoms with Crippen molar-refractivity contribution in [3.63, 3.8) is 0 Å². The minimum absolute atomic E-state index is 0.0206. The summed E-state index contributed by atoms with van der Waals surface area (Å²) in [5, 5.41) is 16.3. The first-order valence-corrected chi connectivity index (χ1v) is 7.88. The highest BCUT2D eigenvalue weighted by Crippen LogP contribution is 2.25. The van der Waals surface area contributed by atoms with Gasteiger partial charge in [-0.25, -0.2) is 0 Å². The maximum atomic E-state index is 11.3. The zero-order valence-electron chi connectivity index (χ0n) is 12.8. The Kier molecular flexibility index (Phi) is 4.81. The van der Waals surface area contributed by atoms with E-state index in [0.29, 0.717) is 17.1 Å². The van der Waals surface area contributed by atoms with E-state index in [9.17, 15) is 9.90 Å². The smallest absolute Gasteiger partial charge is 0.304 e. The maximum Gasteiger partial charge on any atom is 0.304 e. The van der Waals surface area contributed by atoms with E-state index in [0.717, 1.165) is 11.1 Å². The first kappa shape index (κ1) is 16.1. The lowest BCUT2D eigenvalue weighted by atomic mass is 9.95. The normalized spacial score (nSPS) is 12.0. The van der Waals surface area contributed by atoms with E-state index in [1.165, 1.54) is 0 Å². The van der Waals surface area contributed by atoms with Crippen LogP contribution in [0.4, 0.5) is 0 Å². The number of aromatic nitrogens is 4. The molecule has 0 aliphatic heterocycles. The summed E-state index contributed by atoms with van der Waals surface area (Å²) in [6.45, 7) is 0.434. The SMILES string of the molecule is O=C(O)CC(Cn1c(-c2ccncc2)n[nH]c1=S)c1ccccc1. The van der Waals surface area contributed by atoms with E-state index < -0.39 is 5.97 Å². The number of carbonyl (C=O) groups is 1. The van der Waals surface area contributed by atoms with Crippen molar-refractivity contribution in [2.24, 2.45) is 0 Å². The molecule has 0 fully saturated rings. The first-order chi connectivity index (χ1) is 11.6. The Hall–Kier alpha value is -2.80. The summed E-state index contributed by atoms with van der Waals surface area (Å²) in [7, 11) is 0. The lowest BCUT2D eigenvalue weighted by Gasteiger charge is -2.17. The van der Waals surface area contributed by atoms with Gasteiger partial charge >= 0.3 is 5.97 Å². The van der Waals surface area contributed by atoms with Gasteiger partial charge < -0.3 is 5.11 Å². The highest BCUT2D eigenvalue weighted by atomic mass is 32.1. The zero-order valence-corrected chi connectivity index (χ0v) is 13.6. The molecule has 0 spiro atoms. The molecule has 1 atom stereocenters. The molecule has 7 heteroatoms. The summed E-state index contributed by atoms with van der Waals surface area (Å²) in [5.41, 5.74) is 1.84. The summed E-state index contributed by atoms with van der Waals surface area (Å²) in [4.78, 5) is 15.3. The molecule has 0 aliphatic carbocycles. The number of nitrogens with one attached hydrogen (secondary N) is 1. The predicted molar refractivity (Wildman–Crippen MR) is 92.1 cm³/mol. The Morgan fingerprint density at radius 3 is 2.58 bits per heavy atom. The molecule has 2 N–H and O–H groups in total. The molecule has 1 unspecified atom stereocenters. The Morgan fingerprint density at radius 1 is 1.21 bits per heavy atom. The van der Waals surface area contributed by atoms with E-state index in [1.54, 1.807) is 12.4 Å². The molecule has 3 rings (SSSR count). The van der Waals surface area contributed by atoms with Gasteiger partial charge in [0.25, 0.3) is 0 Å². The molecule has 1 aromatic carbocycles. The fourth-order valence-corrected chi connectivity index (χ4v) is 2.86. The van der Waals surface area contributed by atoms with Crippen LogP contribution in [0.1, 0.15) is 17.9 Å². The van der Waals surface area contributed by atoms with Crippen LogP contribution in [-0.2, 0) is 11.3 Å². The van der Waals surface area contributed by atoms with Gasteiger partial charge in [-0.3, -0.25) is 19.4 Å². The standard InChI is InChI=1S/C17H16N4O2S/c22-15(23)10-14(12-4-2-1-3-5-12)11-21-16(19-20-17(21)24)13-6-8-18-9-7-13/h1-9,14H,10-11H2,(H,20,24)(H,22,23). The molecule has 2 aromatic heterocycles. The molecule has 0 bridgehead atoms. The highest BCUT2D eigenvalue weighted by molar-refractivity contribution is 7.71. The Labute approximate surface area is 143 Å². The highest BCUT2D eigenvalue weighted by Gasteiger charge is 2.19. The van der Waals surface area contributed by atoms with Crippen molar-refractivity contribution in [3.05, 3.63) is 65.2 Å². The minimum atomic E-state index is -0.843. The second-order valence-electron chi connectivity index (χ2n) is 5.40. The third-order valence-corrected chi connectivity index (χ3v) is 4.10. The number of aromatic amines is 1. The van der Waals surface area contributed by atoms with Gasteiger partial charge in [-0.1, -0.05) is 30.3 Å². The average molecular weight is 340 g/mol. The van der Waals surface area contributed by atoms with Crippen LogP contribution in [-0.4, -0.2) is 30.8 Å². The molecule has 2 heterocycles. The van der Waals surface area contributed by atoms with Gasteiger partial charge in [0.1, 0.15) is 0 Å². The van der Waals surface area contributed by atoms with Crippen LogP contribution >= 0.6 is 12.2 Å². The van der Waals surface area contributed by atoms with E-state index in [2.05, 4.69) is 15.2 Å². The number of carboxylic acid groups (broad SMARTS) is 1. The van der Waals surface area contributed by atoms with Gasteiger partial charge in [-0.15, -0.1) is 0 Å². The fourth-order valence-electron chi connectivity index (χ4n) is 2.65. The molecule has 3 aromatic rings. The lowest BCUT2D eigenvalue weighted by Crippen LogP contribution is -2.14. The zero-order chi connectivity index (χ0) is 16.9. The number of rotatable bonds is 6. The molecule has 0 saturated carbocycles. The summed E-state index contributed by atoms with van der Waals surface area (Å²) in [5.74, 6) is -0.369. The summed E-state index contributed by atoms with van der Waals surface area (Å²) < 4.78 is 2.30. The van der Waals surface area contributed by atoms with Crippen molar-refractivity contribution in [2.75, 3.05) is 0 Å². The van der Waals surface area contributed by atoms with Crippen molar-refractivity contribution in [1.29, 1.82) is 0 Å². The van der Waals surface area contributed by atoms with Crippen LogP contribution in [0.2, 0.25) is 0 Å². The Morgan fingerprint density at radius 2 is 1.92 bits per heavy atom.